The Hall–Kier alpha value is 0.210. The molecule has 0 saturated carbocycles. The quantitative estimate of drug-likeness (QED) is 0.410. The summed E-state index contributed by atoms with van der Waals surface area (Å²) in [4.78, 5) is 0. The molecule has 0 rings (SSSR count). The lowest BCUT2D eigenvalue weighted by Crippen LogP contribution is -3.00. The van der Waals surface area contributed by atoms with Gasteiger partial charge in [0.05, 0.1) is 21.1 Å². The first-order valence-corrected chi connectivity index (χ1v) is 5.41. The van der Waals surface area contributed by atoms with E-state index in [1.165, 1.54) is 12.8 Å². The Labute approximate surface area is 95.6 Å². The summed E-state index contributed by atoms with van der Waals surface area (Å²) < 4.78 is 6.78. The number of hydrogen-bond acceptors (Lipinski definition) is 1. The van der Waals surface area contributed by atoms with Crippen molar-refractivity contribution in [3.63, 3.8) is 0 Å². The lowest BCUT2D eigenvalue weighted by atomic mass is 10.2. The number of ether oxygens (including phenoxy) is 1. The average Bonchev–Trinajstić information content (AvgIpc) is 2.01. The second kappa shape index (κ2) is 8.51. The molecule has 2 nitrogen and oxygen atoms in total. The highest BCUT2D eigenvalue weighted by Gasteiger charge is 2.16. The maximum Gasteiger partial charge on any atom is 0.106 e. The van der Waals surface area contributed by atoms with E-state index in [-0.39, 0.29) is 12.4 Å². The molecule has 0 heterocycles. The molecular weight excluding hydrogens is 198 g/mol. The zero-order valence-corrected chi connectivity index (χ0v) is 11.1. The van der Waals surface area contributed by atoms with Crippen LogP contribution >= 0.6 is 0 Å². The van der Waals surface area contributed by atoms with Crippen molar-refractivity contribution in [1.29, 1.82) is 0 Å². The molecular formula is C11H26ClNO. The Balaban J connectivity index is 0. The van der Waals surface area contributed by atoms with Crippen LogP contribution in [0, 0.1) is 0 Å². The van der Waals surface area contributed by atoms with Crippen molar-refractivity contribution < 1.29 is 21.6 Å². The number of likely N-dealkylation sites (N-methyl/N-ethyl adjacent to an activating group) is 1. The van der Waals surface area contributed by atoms with Crippen LogP contribution in [0.25, 0.3) is 0 Å². The highest BCUT2D eigenvalue weighted by Crippen LogP contribution is 2.04. The van der Waals surface area contributed by atoms with Gasteiger partial charge in [-0.15, -0.1) is 0 Å². The summed E-state index contributed by atoms with van der Waals surface area (Å²) in [5.41, 5.74) is 0. The van der Waals surface area contributed by atoms with Gasteiger partial charge in [-0.25, -0.2) is 0 Å². The zero-order valence-electron chi connectivity index (χ0n) is 10.3. The van der Waals surface area contributed by atoms with Gasteiger partial charge in [0, 0.05) is 6.61 Å². The number of halogens is 1. The highest BCUT2D eigenvalue weighted by molar-refractivity contribution is 4.53. The van der Waals surface area contributed by atoms with Gasteiger partial charge in [0.2, 0.25) is 0 Å². The van der Waals surface area contributed by atoms with Gasteiger partial charge in [-0.2, -0.15) is 0 Å². The largest absolute Gasteiger partial charge is 1.00 e. The fraction of sp³-hybridized carbons (Fsp3) is 1.00. The summed E-state index contributed by atoms with van der Waals surface area (Å²) in [5.74, 6) is 0. The summed E-state index contributed by atoms with van der Waals surface area (Å²) in [5, 5.41) is 0. The standard InChI is InChI=1S/C11H26NO.ClH/c1-6-8-9-13-11(7-2)10-12(3,4)5;/h11H,6-10H2,1-5H3;1H/q+1;/p-1. The third kappa shape index (κ3) is 10.3. The summed E-state index contributed by atoms with van der Waals surface area (Å²) in [6.45, 7) is 6.44. The second-order valence-corrected chi connectivity index (χ2v) is 4.73. The Morgan fingerprint density at radius 2 is 1.71 bits per heavy atom. The first-order chi connectivity index (χ1) is 5.99. The molecule has 1 atom stereocenters. The normalized spacial score (nSPS) is 13.5. The van der Waals surface area contributed by atoms with Crippen molar-refractivity contribution in [3.05, 3.63) is 0 Å². The van der Waals surface area contributed by atoms with Crippen LogP contribution in [0.1, 0.15) is 33.1 Å². The predicted molar refractivity (Wildman–Crippen MR) is 57.8 cm³/mol. The third-order valence-corrected chi connectivity index (χ3v) is 2.06. The van der Waals surface area contributed by atoms with Gasteiger partial charge in [0.1, 0.15) is 12.6 Å². The Kier molecular flexibility index (Phi) is 10.1. The van der Waals surface area contributed by atoms with E-state index in [4.69, 9.17) is 4.74 Å². The molecule has 0 amide bonds. The number of rotatable bonds is 7. The minimum Gasteiger partial charge on any atom is -1.00 e. The summed E-state index contributed by atoms with van der Waals surface area (Å²) in [6, 6.07) is 0. The van der Waals surface area contributed by atoms with Crippen molar-refractivity contribution in [2.75, 3.05) is 34.3 Å². The van der Waals surface area contributed by atoms with E-state index >= 15 is 0 Å². The molecule has 0 aliphatic carbocycles. The maximum atomic E-state index is 5.79. The molecule has 0 aliphatic rings. The molecule has 0 aromatic rings. The minimum atomic E-state index is 0. The molecule has 0 aliphatic heterocycles. The van der Waals surface area contributed by atoms with E-state index in [1.54, 1.807) is 0 Å². The molecule has 0 spiro atoms. The molecule has 0 saturated heterocycles. The smallest absolute Gasteiger partial charge is 0.106 e. The number of hydrogen-bond donors (Lipinski definition) is 0. The highest BCUT2D eigenvalue weighted by atomic mass is 35.5. The van der Waals surface area contributed by atoms with Crippen LogP contribution in [0.3, 0.4) is 0 Å². The van der Waals surface area contributed by atoms with E-state index in [0.717, 1.165) is 24.1 Å². The lowest BCUT2D eigenvalue weighted by Gasteiger charge is -2.28. The van der Waals surface area contributed by atoms with Gasteiger partial charge < -0.3 is 21.6 Å². The predicted octanol–water partition coefficient (Wildman–Crippen LogP) is -0.708. The van der Waals surface area contributed by atoms with Crippen LogP contribution in [0.4, 0.5) is 0 Å². The molecule has 88 valence electrons. The third-order valence-electron chi connectivity index (χ3n) is 2.06. The maximum absolute atomic E-state index is 5.79. The Morgan fingerprint density at radius 3 is 2.07 bits per heavy atom. The Morgan fingerprint density at radius 1 is 1.14 bits per heavy atom. The van der Waals surface area contributed by atoms with Gasteiger partial charge in [-0.1, -0.05) is 20.3 Å². The molecule has 14 heavy (non-hydrogen) atoms. The monoisotopic (exact) mass is 223 g/mol. The van der Waals surface area contributed by atoms with Gasteiger partial charge in [0.25, 0.3) is 0 Å². The summed E-state index contributed by atoms with van der Waals surface area (Å²) >= 11 is 0. The molecule has 0 aromatic heterocycles. The van der Waals surface area contributed by atoms with Gasteiger partial charge >= 0.3 is 0 Å². The van der Waals surface area contributed by atoms with Crippen molar-refractivity contribution in [2.45, 2.75) is 39.2 Å². The molecule has 1 unspecified atom stereocenters. The van der Waals surface area contributed by atoms with E-state index in [0.29, 0.717) is 6.10 Å². The minimum absolute atomic E-state index is 0. The average molecular weight is 224 g/mol. The van der Waals surface area contributed by atoms with E-state index < -0.39 is 0 Å². The van der Waals surface area contributed by atoms with Gasteiger partial charge in [0.15, 0.2) is 0 Å². The fourth-order valence-corrected chi connectivity index (χ4v) is 1.30. The summed E-state index contributed by atoms with van der Waals surface area (Å²) in [6.07, 6.45) is 3.97. The molecule has 0 fully saturated rings. The first kappa shape index (κ1) is 16.6. The van der Waals surface area contributed by atoms with Crippen LogP contribution in [0.2, 0.25) is 0 Å². The second-order valence-electron chi connectivity index (χ2n) is 4.73. The number of unbranched alkanes of at least 4 members (excludes halogenated alkanes) is 1. The number of nitrogens with zero attached hydrogens (tertiary/aromatic N) is 1. The molecule has 3 heteroatoms. The SMILES string of the molecule is CCCCOC(CC)C[N+](C)(C)C.[Cl-]. The Bertz CT molecular complexity index is 123. The van der Waals surface area contributed by atoms with E-state index in [9.17, 15) is 0 Å². The van der Waals surface area contributed by atoms with Crippen molar-refractivity contribution in [1.82, 2.24) is 0 Å². The van der Waals surface area contributed by atoms with Crippen molar-refractivity contribution in [3.8, 4) is 0 Å². The van der Waals surface area contributed by atoms with Crippen LogP contribution in [-0.4, -0.2) is 44.9 Å². The molecule has 0 bridgehead atoms. The number of quaternary nitrogens is 1. The van der Waals surface area contributed by atoms with E-state index in [2.05, 4.69) is 35.0 Å². The van der Waals surface area contributed by atoms with Crippen molar-refractivity contribution >= 4 is 0 Å². The van der Waals surface area contributed by atoms with Crippen LogP contribution < -0.4 is 12.4 Å². The first-order valence-electron chi connectivity index (χ1n) is 5.41. The topological polar surface area (TPSA) is 9.23 Å². The van der Waals surface area contributed by atoms with E-state index in [1.807, 2.05) is 0 Å². The lowest BCUT2D eigenvalue weighted by molar-refractivity contribution is -0.873. The zero-order chi connectivity index (χ0) is 10.3. The van der Waals surface area contributed by atoms with Crippen LogP contribution in [-0.2, 0) is 4.74 Å². The van der Waals surface area contributed by atoms with Gasteiger partial charge in [-0.05, 0) is 12.8 Å². The van der Waals surface area contributed by atoms with Crippen LogP contribution in [0.15, 0.2) is 0 Å². The van der Waals surface area contributed by atoms with Crippen LogP contribution in [0.5, 0.6) is 0 Å². The molecule has 0 aromatic carbocycles. The fourth-order valence-electron chi connectivity index (χ4n) is 1.30. The molecule has 0 N–H and O–H groups in total. The van der Waals surface area contributed by atoms with Crippen molar-refractivity contribution in [2.24, 2.45) is 0 Å². The molecule has 0 radical (unpaired) electrons. The summed E-state index contributed by atoms with van der Waals surface area (Å²) in [7, 11) is 6.64. The van der Waals surface area contributed by atoms with Gasteiger partial charge in [-0.3, -0.25) is 0 Å².